The van der Waals surface area contributed by atoms with Crippen LogP contribution in [0.25, 0.3) is 17.0 Å². The van der Waals surface area contributed by atoms with Crippen LogP contribution in [-0.2, 0) is 0 Å². The lowest BCUT2D eigenvalue weighted by Gasteiger charge is -2.15. The van der Waals surface area contributed by atoms with E-state index in [1.807, 2.05) is 30.3 Å². The highest BCUT2D eigenvalue weighted by Crippen LogP contribution is 2.23. The van der Waals surface area contributed by atoms with Crippen LogP contribution in [0.3, 0.4) is 0 Å². The maximum Gasteiger partial charge on any atom is 0.247 e. The first-order chi connectivity index (χ1) is 15.7. The molecule has 1 fully saturated rings. The summed E-state index contributed by atoms with van der Waals surface area (Å²) in [4.78, 5) is 11.3. The molecule has 1 aliphatic heterocycles. The van der Waals surface area contributed by atoms with Crippen molar-refractivity contribution in [2.45, 2.75) is 19.8 Å². The van der Waals surface area contributed by atoms with E-state index < -0.39 is 0 Å². The number of ether oxygens (including phenoxy) is 1. The quantitative estimate of drug-likeness (QED) is 0.465. The fourth-order valence-corrected chi connectivity index (χ4v) is 3.86. The molecule has 0 saturated carbocycles. The van der Waals surface area contributed by atoms with E-state index in [1.165, 1.54) is 32.0 Å². The summed E-state index contributed by atoms with van der Waals surface area (Å²) < 4.78 is 21.5. The van der Waals surface area contributed by atoms with Crippen LogP contribution < -0.4 is 10.1 Å². The second kappa shape index (κ2) is 8.92. The van der Waals surface area contributed by atoms with Gasteiger partial charge in [0.05, 0.1) is 0 Å². The molecule has 3 heterocycles. The molecule has 4 aromatic rings. The van der Waals surface area contributed by atoms with E-state index in [1.54, 1.807) is 29.8 Å². The van der Waals surface area contributed by atoms with Gasteiger partial charge in [-0.25, -0.2) is 9.37 Å². The highest BCUT2D eigenvalue weighted by atomic mass is 19.1. The number of aromatic nitrogens is 4. The third-order valence-corrected chi connectivity index (χ3v) is 5.67. The number of rotatable bonds is 7. The van der Waals surface area contributed by atoms with Crippen molar-refractivity contribution in [2.24, 2.45) is 0 Å². The first-order valence-electron chi connectivity index (χ1n) is 10.9. The van der Waals surface area contributed by atoms with Gasteiger partial charge in [-0.3, -0.25) is 4.90 Å². The molecule has 8 heteroatoms. The first-order valence-corrected chi connectivity index (χ1v) is 10.9. The lowest BCUT2D eigenvalue weighted by atomic mass is 10.1. The van der Waals surface area contributed by atoms with E-state index in [0.29, 0.717) is 35.2 Å². The van der Waals surface area contributed by atoms with Gasteiger partial charge in [-0.15, -0.1) is 5.10 Å². The van der Waals surface area contributed by atoms with Gasteiger partial charge in [-0.2, -0.15) is 9.50 Å². The number of benzene rings is 2. The zero-order valence-corrected chi connectivity index (χ0v) is 18.0. The third-order valence-electron chi connectivity index (χ3n) is 5.67. The Morgan fingerprint density at radius 3 is 2.66 bits per heavy atom. The van der Waals surface area contributed by atoms with Gasteiger partial charge in [-0.1, -0.05) is 12.1 Å². The van der Waals surface area contributed by atoms with Crippen LogP contribution >= 0.6 is 0 Å². The predicted octanol–water partition coefficient (Wildman–Crippen LogP) is 4.46. The van der Waals surface area contributed by atoms with Gasteiger partial charge < -0.3 is 10.1 Å². The number of nitrogens with zero attached hydrogens (tertiary/aromatic N) is 5. The van der Waals surface area contributed by atoms with Crippen LogP contribution in [-0.4, -0.2) is 50.7 Å². The Hall–Kier alpha value is -3.52. The molecule has 1 saturated heterocycles. The average Bonchev–Trinajstić information content (AvgIpc) is 3.46. The van der Waals surface area contributed by atoms with Gasteiger partial charge in [0.1, 0.15) is 18.2 Å². The molecule has 5 rings (SSSR count). The Kier molecular flexibility index (Phi) is 5.68. The predicted molar refractivity (Wildman–Crippen MR) is 122 cm³/mol. The van der Waals surface area contributed by atoms with Gasteiger partial charge in [-0.05, 0) is 68.8 Å². The molecule has 0 spiro atoms. The van der Waals surface area contributed by atoms with Crippen molar-refractivity contribution in [3.63, 3.8) is 0 Å². The third kappa shape index (κ3) is 4.40. The fourth-order valence-electron chi connectivity index (χ4n) is 3.86. The van der Waals surface area contributed by atoms with Gasteiger partial charge in [0.15, 0.2) is 11.5 Å². The second-order valence-electron chi connectivity index (χ2n) is 7.98. The standard InChI is InChI=1S/C24H25FN6O/c1-17-4-5-18(16-21(17)25)23-26-11-10-22-28-24(29-31(22)23)27-19-6-8-20(9-7-19)32-15-14-30-12-2-3-13-30/h4-11,16H,2-3,12-15H2,1H3,(H,27,29). The van der Waals surface area contributed by atoms with Crippen molar-refractivity contribution < 1.29 is 9.13 Å². The van der Waals surface area contributed by atoms with Crippen LogP contribution in [0.2, 0.25) is 0 Å². The van der Waals surface area contributed by atoms with Crippen molar-refractivity contribution in [1.29, 1.82) is 0 Å². The Balaban J connectivity index is 1.28. The molecule has 7 nitrogen and oxygen atoms in total. The number of halogens is 1. The number of aryl methyl sites for hydroxylation is 1. The maximum absolute atomic E-state index is 14.0. The first kappa shape index (κ1) is 20.4. The summed E-state index contributed by atoms with van der Waals surface area (Å²) in [7, 11) is 0. The van der Waals surface area contributed by atoms with E-state index in [9.17, 15) is 4.39 Å². The van der Waals surface area contributed by atoms with Crippen LogP contribution in [0.4, 0.5) is 16.0 Å². The monoisotopic (exact) mass is 432 g/mol. The van der Waals surface area contributed by atoms with Crippen molar-refractivity contribution >= 4 is 17.3 Å². The number of hydrogen-bond donors (Lipinski definition) is 1. The number of anilines is 2. The fraction of sp³-hybridized carbons (Fsp3) is 0.292. The Morgan fingerprint density at radius 1 is 1.06 bits per heavy atom. The van der Waals surface area contributed by atoms with Crippen molar-refractivity contribution in [3.05, 3.63) is 66.1 Å². The molecule has 0 unspecified atom stereocenters. The molecule has 164 valence electrons. The molecule has 1 N–H and O–H groups in total. The molecular formula is C24H25FN6O. The molecular weight excluding hydrogens is 407 g/mol. The van der Waals surface area contributed by atoms with Gasteiger partial charge >= 0.3 is 0 Å². The van der Waals surface area contributed by atoms with Crippen LogP contribution in [0.1, 0.15) is 18.4 Å². The summed E-state index contributed by atoms with van der Waals surface area (Å²) in [5.41, 5.74) is 2.71. The van der Waals surface area contributed by atoms with Gasteiger partial charge in [0, 0.05) is 30.1 Å². The van der Waals surface area contributed by atoms with Crippen molar-refractivity contribution in [2.75, 3.05) is 31.6 Å². The summed E-state index contributed by atoms with van der Waals surface area (Å²) in [5.74, 6) is 1.53. The number of fused-ring (bicyclic) bond motifs is 1. The number of nitrogens with one attached hydrogen (secondary N) is 1. The minimum atomic E-state index is -0.275. The van der Waals surface area contributed by atoms with Crippen LogP contribution in [0, 0.1) is 12.7 Å². The van der Waals surface area contributed by atoms with Crippen LogP contribution in [0.15, 0.2) is 54.7 Å². The summed E-state index contributed by atoms with van der Waals surface area (Å²) >= 11 is 0. The SMILES string of the molecule is Cc1ccc(-c2nccc3nc(Nc4ccc(OCCN5CCCC5)cc4)nn23)cc1F. The minimum absolute atomic E-state index is 0.275. The molecule has 0 bridgehead atoms. The lowest BCUT2D eigenvalue weighted by Crippen LogP contribution is -2.25. The van der Waals surface area contributed by atoms with E-state index >= 15 is 0 Å². The molecule has 2 aromatic carbocycles. The minimum Gasteiger partial charge on any atom is -0.492 e. The summed E-state index contributed by atoms with van der Waals surface area (Å²) in [5, 5.41) is 7.74. The zero-order chi connectivity index (χ0) is 21.9. The van der Waals surface area contributed by atoms with Crippen molar-refractivity contribution in [3.8, 4) is 17.1 Å². The highest BCUT2D eigenvalue weighted by molar-refractivity contribution is 5.62. The van der Waals surface area contributed by atoms with E-state index in [2.05, 4.69) is 25.3 Å². The zero-order valence-electron chi connectivity index (χ0n) is 18.0. The Bertz CT molecular complexity index is 1220. The number of likely N-dealkylation sites (tertiary alicyclic amines) is 1. The summed E-state index contributed by atoms with van der Waals surface area (Å²) in [6, 6.07) is 14.5. The average molecular weight is 433 g/mol. The molecule has 0 radical (unpaired) electrons. The van der Waals surface area contributed by atoms with E-state index in [4.69, 9.17) is 4.74 Å². The maximum atomic E-state index is 14.0. The molecule has 0 aliphatic carbocycles. The number of hydrogen-bond acceptors (Lipinski definition) is 6. The van der Waals surface area contributed by atoms with Gasteiger partial charge in [0.25, 0.3) is 0 Å². The topological polar surface area (TPSA) is 67.6 Å². The van der Waals surface area contributed by atoms with E-state index in [0.717, 1.165) is 18.0 Å². The highest BCUT2D eigenvalue weighted by Gasteiger charge is 2.13. The largest absolute Gasteiger partial charge is 0.492 e. The summed E-state index contributed by atoms with van der Waals surface area (Å²) in [6.45, 7) is 5.74. The molecule has 0 atom stereocenters. The summed E-state index contributed by atoms with van der Waals surface area (Å²) in [6.07, 6.45) is 4.23. The van der Waals surface area contributed by atoms with E-state index in [-0.39, 0.29) is 5.82 Å². The molecule has 1 aliphatic rings. The van der Waals surface area contributed by atoms with Crippen molar-refractivity contribution in [1.82, 2.24) is 24.5 Å². The smallest absolute Gasteiger partial charge is 0.247 e. The lowest BCUT2D eigenvalue weighted by molar-refractivity contribution is 0.238. The van der Waals surface area contributed by atoms with Crippen LogP contribution in [0.5, 0.6) is 5.75 Å². The molecule has 32 heavy (non-hydrogen) atoms. The second-order valence-corrected chi connectivity index (χ2v) is 7.98. The normalized spacial score (nSPS) is 14.2. The van der Waals surface area contributed by atoms with Gasteiger partial charge in [0.2, 0.25) is 5.95 Å². The molecule has 0 amide bonds. The Labute approximate surface area is 185 Å². The Morgan fingerprint density at radius 2 is 1.88 bits per heavy atom. The molecule has 2 aromatic heterocycles.